The fraction of sp³-hybridized carbons (Fsp3) is 0.583. The first kappa shape index (κ1) is 11.4. The molecule has 1 fully saturated rings. The summed E-state index contributed by atoms with van der Waals surface area (Å²) in [5.41, 5.74) is 0.761. The predicted octanol–water partition coefficient (Wildman–Crippen LogP) is 0.640. The maximum Gasteiger partial charge on any atom is 0.203 e. The minimum Gasteiger partial charge on any atom is -0.391 e. The summed E-state index contributed by atoms with van der Waals surface area (Å²) in [7, 11) is 0. The van der Waals surface area contributed by atoms with Gasteiger partial charge in [0.1, 0.15) is 5.82 Å². The van der Waals surface area contributed by atoms with Crippen LogP contribution in [0.1, 0.15) is 19.2 Å². The van der Waals surface area contributed by atoms with E-state index in [1.165, 1.54) is 0 Å². The van der Waals surface area contributed by atoms with E-state index in [-0.39, 0.29) is 6.10 Å². The molecule has 0 spiro atoms. The number of aromatic nitrogens is 4. The Morgan fingerprint density at radius 1 is 1.39 bits per heavy atom. The van der Waals surface area contributed by atoms with Crippen LogP contribution >= 0.6 is 0 Å². The molecule has 1 aliphatic rings. The van der Waals surface area contributed by atoms with Crippen molar-refractivity contribution in [1.29, 1.82) is 0 Å². The first-order valence-electron chi connectivity index (χ1n) is 6.26. The molecular formula is C12H17N5O. The molecule has 0 aliphatic carbocycles. The molecule has 3 heterocycles. The van der Waals surface area contributed by atoms with Gasteiger partial charge in [0.05, 0.1) is 6.10 Å². The number of β-amino-alcohol motifs (C(OH)–C–C–N with tert-alkyl or cyclic N) is 1. The van der Waals surface area contributed by atoms with Crippen molar-refractivity contribution < 1.29 is 5.11 Å². The molecule has 96 valence electrons. The van der Waals surface area contributed by atoms with Gasteiger partial charge in [-0.3, -0.25) is 4.40 Å². The molecule has 0 radical (unpaired) electrons. The van der Waals surface area contributed by atoms with E-state index in [4.69, 9.17) is 0 Å². The van der Waals surface area contributed by atoms with Crippen molar-refractivity contribution in [1.82, 2.24) is 19.6 Å². The number of piperidine rings is 1. The van der Waals surface area contributed by atoms with Gasteiger partial charge < -0.3 is 10.0 Å². The van der Waals surface area contributed by atoms with Gasteiger partial charge in [-0.05, 0) is 19.3 Å². The molecule has 2 aromatic heterocycles. The SMILES string of the molecule is Cc1nnc2c(N3CCC(C)C(O)C3)nccn12. The summed E-state index contributed by atoms with van der Waals surface area (Å²) in [6.07, 6.45) is 4.28. The van der Waals surface area contributed by atoms with Gasteiger partial charge in [0.25, 0.3) is 0 Å². The van der Waals surface area contributed by atoms with Gasteiger partial charge in [0.15, 0.2) is 5.82 Å². The lowest BCUT2D eigenvalue weighted by Crippen LogP contribution is -2.43. The zero-order valence-corrected chi connectivity index (χ0v) is 10.6. The third kappa shape index (κ3) is 1.73. The van der Waals surface area contributed by atoms with E-state index >= 15 is 0 Å². The largest absolute Gasteiger partial charge is 0.391 e. The molecule has 6 nitrogen and oxygen atoms in total. The average Bonchev–Trinajstić information content (AvgIpc) is 2.75. The lowest BCUT2D eigenvalue weighted by Gasteiger charge is -2.34. The molecule has 1 saturated heterocycles. The lowest BCUT2D eigenvalue weighted by molar-refractivity contribution is 0.102. The highest BCUT2D eigenvalue weighted by molar-refractivity contribution is 5.63. The van der Waals surface area contributed by atoms with E-state index in [1.807, 2.05) is 17.5 Å². The molecule has 18 heavy (non-hydrogen) atoms. The van der Waals surface area contributed by atoms with Crippen molar-refractivity contribution in [3.63, 3.8) is 0 Å². The Morgan fingerprint density at radius 2 is 2.22 bits per heavy atom. The number of anilines is 1. The van der Waals surface area contributed by atoms with Crippen molar-refractivity contribution in [2.24, 2.45) is 5.92 Å². The van der Waals surface area contributed by atoms with Gasteiger partial charge in [-0.25, -0.2) is 4.98 Å². The Hall–Kier alpha value is -1.69. The highest BCUT2D eigenvalue weighted by Crippen LogP contribution is 2.24. The van der Waals surface area contributed by atoms with Crippen molar-refractivity contribution >= 4 is 11.5 Å². The molecule has 0 aromatic carbocycles. The van der Waals surface area contributed by atoms with Gasteiger partial charge >= 0.3 is 0 Å². The van der Waals surface area contributed by atoms with Crippen molar-refractivity contribution in [2.45, 2.75) is 26.4 Å². The summed E-state index contributed by atoms with van der Waals surface area (Å²) < 4.78 is 1.92. The third-order valence-electron chi connectivity index (χ3n) is 3.70. The normalized spacial score (nSPS) is 24.7. The fourth-order valence-corrected chi connectivity index (χ4v) is 2.39. The molecule has 3 rings (SSSR count). The van der Waals surface area contributed by atoms with Crippen LogP contribution in [-0.4, -0.2) is 43.9 Å². The minimum absolute atomic E-state index is 0.301. The second-order valence-electron chi connectivity index (χ2n) is 4.97. The topological polar surface area (TPSA) is 66.5 Å². The van der Waals surface area contributed by atoms with Crippen LogP contribution in [0, 0.1) is 12.8 Å². The number of aryl methyl sites for hydroxylation is 1. The van der Waals surface area contributed by atoms with Gasteiger partial charge in [0, 0.05) is 25.5 Å². The monoisotopic (exact) mass is 247 g/mol. The van der Waals surface area contributed by atoms with Crippen molar-refractivity contribution in [3.8, 4) is 0 Å². The van der Waals surface area contributed by atoms with Gasteiger partial charge in [-0.1, -0.05) is 6.92 Å². The van der Waals surface area contributed by atoms with Gasteiger partial charge in [0.2, 0.25) is 5.65 Å². The number of aliphatic hydroxyl groups is 1. The average molecular weight is 247 g/mol. The molecule has 2 atom stereocenters. The van der Waals surface area contributed by atoms with E-state index in [2.05, 4.69) is 27.0 Å². The summed E-state index contributed by atoms with van der Waals surface area (Å²) in [5, 5.41) is 18.2. The zero-order chi connectivity index (χ0) is 12.7. The summed E-state index contributed by atoms with van der Waals surface area (Å²) in [6, 6.07) is 0. The summed E-state index contributed by atoms with van der Waals surface area (Å²) in [5.74, 6) is 2.00. The maximum atomic E-state index is 9.97. The van der Waals surface area contributed by atoms with E-state index < -0.39 is 0 Å². The van der Waals surface area contributed by atoms with Crippen LogP contribution in [0.15, 0.2) is 12.4 Å². The number of rotatable bonds is 1. The number of fused-ring (bicyclic) bond motifs is 1. The highest BCUT2D eigenvalue weighted by atomic mass is 16.3. The van der Waals surface area contributed by atoms with E-state index in [0.717, 1.165) is 30.3 Å². The second-order valence-corrected chi connectivity index (χ2v) is 4.97. The maximum absolute atomic E-state index is 9.97. The molecule has 6 heteroatoms. The van der Waals surface area contributed by atoms with Crippen LogP contribution in [0.3, 0.4) is 0 Å². The molecule has 0 saturated carbocycles. The molecule has 0 bridgehead atoms. The molecule has 2 unspecified atom stereocenters. The molecular weight excluding hydrogens is 230 g/mol. The Balaban J connectivity index is 1.99. The summed E-state index contributed by atoms with van der Waals surface area (Å²) >= 11 is 0. The second kappa shape index (κ2) is 4.20. The Labute approximate surface area is 105 Å². The zero-order valence-electron chi connectivity index (χ0n) is 10.6. The Bertz CT molecular complexity index is 567. The molecule has 1 N–H and O–H groups in total. The lowest BCUT2D eigenvalue weighted by atomic mass is 9.96. The molecule has 2 aromatic rings. The molecule has 1 aliphatic heterocycles. The Kier molecular flexibility index (Phi) is 2.66. The van der Waals surface area contributed by atoms with Crippen LogP contribution in [0.4, 0.5) is 5.82 Å². The first-order chi connectivity index (χ1) is 8.66. The minimum atomic E-state index is -0.301. The Morgan fingerprint density at radius 3 is 3.00 bits per heavy atom. The fourth-order valence-electron chi connectivity index (χ4n) is 2.39. The standard InChI is InChI=1S/C12H17N5O/c1-8-3-5-16(7-10(8)18)11-12-15-14-9(2)17(12)6-4-13-11/h4,6,8,10,18H,3,5,7H2,1-2H3. The van der Waals surface area contributed by atoms with Crippen LogP contribution in [0.2, 0.25) is 0 Å². The van der Waals surface area contributed by atoms with Gasteiger partial charge in [-0.2, -0.15) is 0 Å². The predicted molar refractivity (Wildman–Crippen MR) is 67.5 cm³/mol. The highest BCUT2D eigenvalue weighted by Gasteiger charge is 2.26. The summed E-state index contributed by atoms with van der Waals surface area (Å²) in [6.45, 7) is 5.50. The van der Waals surface area contributed by atoms with Crippen molar-refractivity contribution in [3.05, 3.63) is 18.2 Å². The van der Waals surface area contributed by atoms with Gasteiger partial charge in [-0.15, -0.1) is 10.2 Å². The third-order valence-corrected chi connectivity index (χ3v) is 3.70. The van der Waals surface area contributed by atoms with E-state index in [9.17, 15) is 5.11 Å². The van der Waals surface area contributed by atoms with E-state index in [1.54, 1.807) is 6.20 Å². The number of nitrogens with zero attached hydrogens (tertiary/aromatic N) is 5. The van der Waals surface area contributed by atoms with Crippen LogP contribution in [0.5, 0.6) is 0 Å². The summed E-state index contributed by atoms with van der Waals surface area (Å²) in [4.78, 5) is 6.49. The van der Waals surface area contributed by atoms with Crippen LogP contribution in [-0.2, 0) is 0 Å². The first-order valence-corrected chi connectivity index (χ1v) is 6.26. The van der Waals surface area contributed by atoms with E-state index in [0.29, 0.717) is 12.5 Å². The number of hydrogen-bond donors (Lipinski definition) is 1. The molecule has 0 amide bonds. The smallest absolute Gasteiger partial charge is 0.203 e. The van der Waals surface area contributed by atoms with Crippen molar-refractivity contribution in [2.75, 3.05) is 18.0 Å². The number of aliphatic hydroxyl groups excluding tert-OH is 1. The quantitative estimate of drug-likeness (QED) is 0.801. The van der Waals surface area contributed by atoms with Crippen LogP contribution < -0.4 is 4.90 Å². The van der Waals surface area contributed by atoms with Crippen LogP contribution in [0.25, 0.3) is 5.65 Å². The number of hydrogen-bond acceptors (Lipinski definition) is 5.